The summed E-state index contributed by atoms with van der Waals surface area (Å²) in [6, 6.07) is 12.6. The number of aryl methyl sites for hydroxylation is 1. The number of nitrogens with zero attached hydrogens (tertiary/aromatic N) is 1. The lowest BCUT2D eigenvalue weighted by molar-refractivity contribution is 0.414. The molecule has 0 aliphatic carbocycles. The third kappa shape index (κ3) is 3.66. The van der Waals surface area contributed by atoms with Crippen LogP contribution in [0.3, 0.4) is 0 Å². The molecule has 0 saturated carbocycles. The molecule has 2 aromatic rings. The summed E-state index contributed by atoms with van der Waals surface area (Å²) in [7, 11) is -5.56. The Morgan fingerprint density at radius 3 is 1.86 bits per heavy atom. The van der Waals surface area contributed by atoms with E-state index in [2.05, 4.69) is 3.77 Å². The van der Waals surface area contributed by atoms with Gasteiger partial charge in [0.2, 0.25) is 0 Å². The number of rotatable bonds is 4. The van der Waals surface area contributed by atoms with Gasteiger partial charge in [-0.3, -0.25) is 0 Å². The second-order valence-electron chi connectivity index (χ2n) is 4.84. The number of hydrogen-bond donors (Lipinski definition) is 0. The molecule has 0 spiro atoms. The van der Waals surface area contributed by atoms with Gasteiger partial charge in [0.15, 0.2) is 0 Å². The first-order valence-electron chi connectivity index (χ1n) is 6.44. The standard InChI is InChI=1S/C15H17NO4S2/c1-12-4-8-14(9-5-12)21(3,17)16-22(18,19)15-10-6-13(20-2)7-11-15/h4-11H,1-3H3/t21-/m0/s1. The zero-order chi connectivity index (χ0) is 16.4. The monoisotopic (exact) mass is 339 g/mol. The molecular formula is C15H17NO4S2. The lowest BCUT2D eigenvalue weighted by Gasteiger charge is -2.06. The van der Waals surface area contributed by atoms with E-state index < -0.39 is 19.8 Å². The summed E-state index contributed by atoms with van der Waals surface area (Å²) in [5, 5.41) is 0. The van der Waals surface area contributed by atoms with Crippen LogP contribution in [0.4, 0.5) is 0 Å². The maximum absolute atomic E-state index is 12.6. The first-order chi connectivity index (χ1) is 10.2. The van der Waals surface area contributed by atoms with Gasteiger partial charge in [0, 0.05) is 11.2 Å². The molecule has 0 fully saturated rings. The van der Waals surface area contributed by atoms with Crippen LogP contribution in [0, 0.1) is 6.92 Å². The highest BCUT2D eigenvalue weighted by Crippen LogP contribution is 2.21. The normalized spacial score (nSPS) is 14.1. The van der Waals surface area contributed by atoms with Crippen molar-refractivity contribution >= 4 is 19.8 Å². The molecule has 0 N–H and O–H groups in total. The average Bonchev–Trinajstić information content (AvgIpc) is 2.46. The summed E-state index contributed by atoms with van der Waals surface area (Å²) in [4.78, 5) is 0.366. The van der Waals surface area contributed by atoms with Gasteiger partial charge in [-0.25, -0.2) is 4.21 Å². The highest BCUT2D eigenvalue weighted by molar-refractivity contribution is 8.03. The van der Waals surface area contributed by atoms with Crippen LogP contribution in [-0.2, 0) is 19.8 Å². The largest absolute Gasteiger partial charge is 0.497 e. The van der Waals surface area contributed by atoms with E-state index in [1.807, 2.05) is 6.92 Å². The van der Waals surface area contributed by atoms with E-state index in [4.69, 9.17) is 4.74 Å². The Morgan fingerprint density at radius 2 is 1.36 bits per heavy atom. The zero-order valence-corrected chi connectivity index (χ0v) is 14.1. The van der Waals surface area contributed by atoms with E-state index in [1.165, 1.54) is 37.6 Å². The van der Waals surface area contributed by atoms with Crippen molar-refractivity contribution in [3.05, 3.63) is 54.1 Å². The molecule has 0 aliphatic rings. The van der Waals surface area contributed by atoms with E-state index in [0.29, 0.717) is 10.6 Å². The van der Waals surface area contributed by atoms with Gasteiger partial charge in [0.05, 0.1) is 21.7 Å². The van der Waals surface area contributed by atoms with Crippen LogP contribution in [-0.4, -0.2) is 26.0 Å². The van der Waals surface area contributed by atoms with Crippen molar-refractivity contribution in [1.29, 1.82) is 0 Å². The molecule has 0 amide bonds. The van der Waals surface area contributed by atoms with E-state index in [0.717, 1.165) is 5.56 Å². The van der Waals surface area contributed by atoms with Crippen molar-refractivity contribution in [2.24, 2.45) is 3.77 Å². The van der Waals surface area contributed by atoms with Crippen LogP contribution in [0.15, 0.2) is 62.1 Å². The third-order valence-electron chi connectivity index (χ3n) is 3.06. The van der Waals surface area contributed by atoms with Crippen molar-refractivity contribution in [2.75, 3.05) is 13.4 Å². The Labute approximate surface area is 131 Å². The van der Waals surface area contributed by atoms with E-state index in [9.17, 15) is 12.6 Å². The lowest BCUT2D eigenvalue weighted by atomic mass is 10.2. The topological polar surface area (TPSA) is 72.8 Å². The number of methoxy groups -OCH3 is 1. The fourth-order valence-corrected chi connectivity index (χ4v) is 5.12. The van der Waals surface area contributed by atoms with Gasteiger partial charge in [0.1, 0.15) is 5.75 Å². The second-order valence-corrected chi connectivity index (χ2v) is 8.93. The van der Waals surface area contributed by atoms with Crippen molar-refractivity contribution in [3.63, 3.8) is 0 Å². The summed E-state index contributed by atoms with van der Waals surface area (Å²) in [5.41, 5.74) is 0.997. The summed E-state index contributed by atoms with van der Waals surface area (Å²) in [5.74, 6) is 0.537. The SMILES string of the molecule is COc1ccc(S(=O)(=O)N=[S@@](C)(=O)c2ccc(C)cc2)cc1. The van der Waals surface area contributed by atoms with Crippen molar-refractivity contribution in [3.8, 4) is 5.75 Å². The summed E-state index contributed by atoms with van der Waals surface area (Å²) in [6.45, 7) is 1.90. The van der Waals surface area contributed by atoms with Crippen LogP contribution in [0.1, 0.15) is 5.56 Å². The van der Waals surface area contributed by atoms with Crippen LogP contribution >= 0.6 is 0 Å². The van der Waals surface area contributed by atoms with Gasteiger partial charge in [0.25, 0.3) is 10.0 Å². The molecular weight excluding hydrogens is 322 g/mol. The number of benzene rings is 2. The maximum Gasteiger partial charge on any atom is 0.290 e. The van der Waals surface area contributed by atoms with Gasteiger partial charge in [-0.2, -0.15) is 8.42 Å². The first kappa shape index (κ1) is 16.5. The fourth-order valence-electron chi connectivity index (χ4n) is 1.81. The van der Waals surface area contributed by atoms with Gasteiger partial charge in [-0.05, 0) is 43.3 Å². The smallest absolute Gasteiger partial charge is 0.290 e. The summed E-state index contributed by atoms with van der Waals surface area (Å²) in [6.07, 6.45) is 1.32. The number of sulfonamides is 1. The summed E-state index contributed by atoms with van der Waals surface area (Å²) < 4.78 is 45.8. The molecule has 0 heterocycles. The molecule has 0 unspecified atom stereocenters. The first-order valence-corrected chi connectivity index (χ1v) is 9.80. The van der Waals surface area contributed by atoms with E-state index in [1.54, 1.807) is 24.3 Å². The number of ether oxygens (including phenoxy) is 1. The predicted molar refractivity (Wildman–Crippen MR) is 86.1 cm³/mol. The van der Waals surface area contributed by atoms with Crippen LogP contribution in [0.25, 0.3) is 0 Å². The summed E-state index contributed by atoms with van der Waals surface area (Å²) >= 11 is 0. The fraction of sp³-hybridized carbons (Fsp3) is 0.200. The third-order valence-corrected chi connectivity index (χ3v) is 6.99. The second kappa shape index (κ2) is 6.10. The van der Waals surface area contributed by atoms with Gasteiger partial charge in [-0.15, -0.1) is 3.77 Å². The van der Waals surface area contributed by atoms with Crippen LogP contribution in [0.5, 0.6) is 5.75 Å². The van der Waals surface area contributed by atoms with E-state index in [-0.39, 0.29) is 4.90 Å². The minimum absolute atomic E-state index is 0.0185. The van der Waals surface area contributed by atoms with Crippen molar-refractivity contribution in [2.45, 2.75) is 16.7 Å². The predicted octanol–water partition coefficient (Wildman–Crippen LogP) is 2.85. The van der Waals surface area contributed by atoms with Crippen LogP contribution < -0.4 is 4.74 Å². The molecule has 0 radical (unpaired) electrons. The van der Waals surface area contributed by atoms with Gasteiger partial charge in [-0.1, -0.05) is 17.7 Å². The lowest BCUT2D eigenvalue weighted by Crippen LogP contribution is -2.05. The Kier molecular flexibility index (Phi) is 4.58. The molecule has 118 valence electrons. The molecule has 0 aliphatic heterocycles. The Bertz CT molecular complexity index is 876. The van der Waals surface area contributed by atoms with Crippen molar-refractivity contribution in [1.82, 2.24) is 0 Å². The quantitative estimate of drug-likeness (QED) is 0.858. The maximum atomic E-state index is 12.6. The van der Waals surface area contributed by atoms with Gasteiger partial charge >= 0.3 is 0 Å². The molecule has 0 saturated heterocycles. The molecule has 2 aromatic carbocycles. The zero-order valence-electron chi connectivity index (χ0n) is 12.5. The Hall–Kier alpha value is -1.86. The van der Waals surface area contributed by atoms with Crippen LogP contribution in [0.2, 0.25) is 0 Å². The Balaban J connectivity index is 2.48. The average molecular weight is 339 g/mol. The van der Waals surface area contributed by atoms with Gasteiger partial charge < -0.3 is 4.74 Å². The molecule has 1 atom stereocenters. The molecule has 0 aromatic heterocycles. The molecule has 2 rings (SSSR count). The van der Waals surface area contributed by atoms with E-state index >= 15 is 0 Å². The molecule has 5 nitrogen and oxygen atoms in total. The molecule has 0 bridgehead atoms. The molecule has 22 heavy (non-hydrogen) atoms. The van der Waals surface area contributed by atoms with Crippen molar-refractivity contribution < 1.29 is 17.4 Å². The number of hydrogen-bond acceptors (Lipinski definition) is 4. The minimum Gasteiger partial charge on any atom is -0.497 e. The highest BCUT2D eigenvalue weighted by atomic mass is 32.3. The molecule has 7 heteroatoms. The Morgan fingerprint density at radius 1 is 0.864 bits per heavy atom. The minimum atomic E-state index is -4.01. The highest BCUT2D eigenvalue weighted by Gasteiger charge is 2.17.